The molecule has 0 unspecified atom stereocenters. The van der Waals surface area contributed by atoms with Crippen LogP contribution in [0.25, 0.3) is 0 Å². The average Bonchev–Trinajstić information content (AvgIpc) is 2.93. The molecule has 7 heteroatoms. The largest absolute Gasteiger partial charge is 0.459 e. The van der Waals surface area contributed by atoms with Crippen LogP contribution in [-0.2, 0) is 14.3 Å². The highest BCUT2D eigenvalue weighted by Crippen LogP contribution is 2.40. The molecule has 0 bridgehead atoms. The summed E-state index contributed by atoms with van der Waals surface area (Å²) in [6.45, 7) is 3.49. The van der Waals surface area contributed by atoms with Crippen molar-refractivity contribution in [2.75, 3.05) is 5.32 Å². The van der Waals surface area contributed by atoms with E-state index < -0.39 is 11.9 Å². The van der Waals surface area contributed by atoms with Gasteiger partial charge in [0.1, 0.15) is 5.57 Å². The first-order valence-corrected chi connectivity index (χ1v) is 7.99. The number of nitrogens with one attached hydrogen (secondary N) is 1. The van der Waals surface area contributed by atoms with Gasteiger partial charge in [-0.25, -0.2) is 4.79 Å². The van der Waals surface area contributed by atoms with Crippen molar-refractivity contribution in [3.05, 3.63) is 45.2 Å². The highest BCUT2D eigenvalue weighted by atomic mass is 32.2. The molecule has 0 aliphatic carbocycles. The SMILES string of the molecule is CC(C)OC(=O)C(C(=O)Nc1ccncc1)=C1SC=CS1. The number of hydrogen-bond acceptors (Lipinski definition) is 6. The van der Waals surface area contributed by atoms with Crippen LogP contribution in [-0.4, -0.2) is 23.0 Å². The molecule has 21 heavy (non-hydrogen) atoms. The van der Waals surface area contributed by atoms with Crippen molar-refractivity contribution in [1.82, 2.24) is 4.98 Å². The van der Waals surface area contributed by atoms with Crippen molar-refractivity contribution in [3.63, 3.8) is 0 Å². The summed E-state index contributed by atoms with van der Waals surface area (Å²) in [5.41, 5.74) is 0.604. The van der Waals surface area contributed by atoms with Gasteiger partial charge in [0, 0.05) is 18.1 Å². The molecule has 2 heterocycles. The molecule has 1 aromatic rings. The van der Waals surface area contributed by atoms with E-state index in [1.807, 2.05) is 10.8 Å². The molecule has 0 atom stereocenters. The van der Waals surface area contributed by atoms with Gasteiger partial charge in [-0.3, -0.25) is 9.78 Å². The fourth-order valence-electron chi connectivity index (χ4n) is 1.50. The first-order chi connectivity index (χ1) is 10.1. The van der Waals surface area contributed by atoms with Crippen molar-refractivity contribution >= 4 is 41.1 Å². The molecule has 1 amide bonds. The van der Waals surface area contributed by atoms with Crippen LogP contribution in [0.3, 0.4) is 0 Å². The molecule has 0 fully saturated rings. The summed E-state index contributed by atoms with van der Waals surface area (Å²) in [5.74, 6) is -1.10. The lowest BCUT2D eigenvalue weighted by Gasteiger charge is -2.13. The van der Waals surface area contributed by atoms with E-state index in [0.29, 0.717) is 9.92 Å². The van der Waals surface area contributed by atoms with Crippen LogP contribution < -0.4 is 5.32 Å². The number of pyridine rings is 1. The summed E-state index contributed by atoms with van der Waals surface area (Å²) < 4.78 is 5.78. The topological polar surface area (TPSA) is 68.3 Å². The van der Waals surface area contributed by atoms with E-state index in [9.17, 15) is 9.59 Å². The highest BCUT2D eigenvalue weighted by molar-refractivity contribution is 8.27. The Morgan fingerprint density at radius 3 is 2.38 bits per heavy atom. The summed E-state index contributed by atoms with van der Waals surface area (Å²) in [4.78, 5) is 28.4. The van der Waals surface area contributed by atoms with Gasteiger partial charge in [0.05, 0.1) is 10.3 Å². The summed E-state index contributed by atoms with van der Waals surface area (Å²) in [6, 6.07) is 3.31. The highest BCUT2D eigenvalue weighted by Gasteiger charge is 2.27. The minimum Gasteiger partial charge on any atom is -0.459 e. The number of nitrogens with zero attached hydrogens (tertiary/aromatic N) is 1. The molecule has 1 aliphatic rings. The van der Waals surface area contributed by atoms with Gasteiger partial charge < -0.3 is 10.1 Å². The Kier molecular flexibility index (Phi) is 5.46. The van der Waals surface area contributed by atoms with Crippen molar-refractivity contribution in [2.24, 2.45) is 0 Å². The predicted molar refractivity (Wildman–Crippen MR) is 85.4 cm³/mol. The molecule has 1 N–H and O–H groups in total. The second-order valence-corrected chi connectivity index (χ2v) is 6.41. The van der Waals surface area contributed by atoms with Crippen LogP contribution in [0, 0.1) is 0 Å². The number of hydrogen-bond donors (Lipinski definition) is 1. The van der Waals surface area contributed by atoms with E-state index >= 15 is 0 Å². The zero-order chi connectivity index (χ0) is 15.2. The van der Waals surface area contributed by atoms with Crippen LogP contribution >= 0.6 is 23.5 Å². The maximum atomic E-state index is 12.4. The van der Waals surface area contributed by atoms with Crippen molar-refractivity contribution in [3.8, 4) is 0 Å². The Morgan fingerprint density at radius 1 is 1.19 bits per heavy atom. The number of thioether (sulfide) groups is 2. The number of amides is 1. The number of aromatic nitrogens is 1. The van der Waals surface area contributed by atoms with E-state index in [4.69, 9.17) is 4.74 Å². The zero-order valence-electron chi connectivity index (χ0n) is 11.5. The number of esters is 1. The Bertz CT molecular complexity index is 587. The van der Waals surface area contributed by atoms with E-state index in [0.717, 1.165) is 0 Å². The monoisotopic (exact) mass is 322 g/mol. The minimum absolute atomic E-state index is 0.0283. The summed E-state index contributed by atoms with van der Waals surface area (Å²) in [7, 11) is 0. The van der Waals surface area contributed by atoms with Crippen LogP contribution in [0.5, 0.6) is 0 Å². The molecule has 1 aliphatic heterocycles. The average molecular weight is 322 g/mol. The second kappa shape index (κ2) is 7.33. The zero-order valence-corrected chi connectivity index (χ0v) is 13.2. The number of carbonyl (C=O) groups is 2. The number of carbonyl (C=O) groups excluding carboxylic acids is 2. The minimum atomic E-state index is -0.616. The molecule has 2 rings (SSSR count). The third kappa shape index (κ3) is 4.37. The molecule has 110 valence electrons. The van der Waals surface area contributed by atoms with Gasteiger partial charge >= 0.3 is 5.97 Å². The molecule has 0 saturated heterocycles. The molecular formula is C14H14N2O3S2. The maximum Gasteiger partial charge on any atom is 0.345 e. The second-order valence-electron chi connectivity index (χ2n) is 4.31. The van der Waals surface area contributed by atoms with Gasteiger partial charge in [-0.05, 0) is 36.8 Å². The molecule has 1 aromatic heterocycles. The standard InChI is InChI=1S/C14H14N2O3S2/c1-9(2)19-13(18)11(14-20-7-8-21-14)12(17)16-10-3-5-15-6-4-10/h3-9H,1-2H3,(H,15,16,17). The van der Waals surface area contributed by atoms with Gasteiger partial charge in [0.25, 0.3) is 5.91 Å². The third-order valence-electron chi connectivity index (χ3n) is 2.32. The number of anilines is 1. The fraction of sp³-hybridized carbons (Fsp3) is 0.214. The molecule has 5 nitrogen and oxygen atoms in total. The smallest absolute Gasteiger partial charge is 0.345 e. The van der Waals surface area contributed by atoms with Gasteiger partial charge in [-0.15, -0.1) is 0 Å². The Balaban J connectivity index is 2.21. The van der Waals surface area contributed by atoms with Crippen LogP contribution in [0.2, 0.25) is 0 Å². The molecular weight excluding hydrogens is 308 g/mol. The first-order valence-electron chi connectivity index (χ1n) is 6.23. The summed E-state index contributed by atoms with van der Waals surface area (Å²) in [5, 5.41) is 6.32. The van der Waals surface area contributed by atoms with Gasteiger partial charge in [0.2, 0.25) is 0 Å². The quantitative estimate of drug-likeness (QED) is 0.397. The Labute approximate surface area is 131 Å². The number of ether oxygens (including phenoxy) is 1. The van der Waals surface area contributed by atoms with Crippen molar-refractivity contribution < 1.29 is 14.3 Å². The predicted octanol–water partition coefficient (Wildman–Crippen LogP) is 3.13. The van der Waals surface area contributed by atoms with Crippen LogP contribution in [0.1, 0.15) is 13.8 Å². The molecule has 0 saturated carbocycles. The Hall–Kier alpha value is -1.73. The molecule has 0 spiro atoms. The van der Waals surface area contributed by atoms with E-state index in [-0.39, 0.29) is 11.7 Å². The lowest BCUT2D eigenvalue weighted by Crippen LogP contribution is -2.25. The van der Waals surface area contributed by atoms with Crippen LogP contribution in [0.15, 0.2) is 45.2 Å². The summed E-state index contributed by atoms with van der Waals surface area (Å²) in [6.07, 6.45) is 2.84. The van der Waals surface area contributed by atoms with Gasteiger partial charge in [-0.2, -0.15) is 0 Å². The van der Waals surface area contributed by atoms with Gasteiger partial charge in [0.15, 0.2) is 0 Å². The van der Waals surface area contributed by atoms with E-state index in [2.05, 4.69) is 10.3 Å². The normalized spacial score (nSPS) is 13.4. The van der Waals surface area contributed by atoms with E-state index in [1.165, 1.54) is 23.5 Å². The third-order valence-corrected chi connectivity index (χ3v) is 4.45. The fourth-order valence-corrected chi connectivity index (χ4v) is 3.33. The van der Waals surface area contributed by atoms with Gasteiger partial charge in [-0.1, -0.05) is 23.5 Å². The van der Waals surface area contributed by atoms with Crippen molar-refractivity contribution in [2.45, 2.75) is 20.0 Å². The lowest BCUT2D eigenvalue weighted by atomic mass is 10.2. The Morgan fingerprint density at radius 2 is 1.81 bits per heavy atom. The van der Waals surface area contributed by atoms with E-state index in [1.54, 1.807) is 38.4 Å². The summed E-state index contributed by atoms with van der Waals surface area (Å²) >= 11 is 2.67. The molecule has 0 radical (unpaired) electrons. The van der Waals surface area contributed by atoms with Crippen molar-refractivity contribution in [1.29, 1.82) is 0 Å². The lowest BCUT2D eigenvalue weighted by molar-refractivity contribution is -0.143. The molecule has 0 aromatic carbocycles. The number of rotatable bonds is 4. The maximum absolute atomic E-state index is 12.4. The van der Waals surface area contributed by atoms with Crippen LogP contribution in [0.4, 0.5) is 5.69 Å². The first kappa shape index (κ1) is 15.7.